The molecule has 108 valence electrons. The molecule has 0 saturated carbocycles. The second kappa shape index (κ2) is 6.23. The van der Waals surface area contributed by atoms with Crippen LogP contribution < -0.4 is 4.72 Å². The van der Waals surface area contributed by atoms with Gasteiger partial charge in [-0.1, -0.05) is 18.2 Å². The highest BCUT2D eigenvalue weighted by molar-refractivity contribution is 8.00. The third kappa shape index (κ3) is 3.48. The SMILES string of the molecule is Cc1ccc(NSc2ccccc2[N+](=O)[O-])cc1[N+](=O)[O-]. The molecular formula is C13H11N3O4S. The highest BCUT2D eigenvalue weighted by Gasteiger charge is 2.14. The number of aryl methyl sites for hydroxylation is 1. The van der Waals surface area contributed by atoms with Crippen LogP contribution in [0, 0.1) is 27.2 Å². The number of nitrogens with one attached hydrogen (secondary N) is 1. The van der Waals surface area contributed by atoms with Crippen LogP contribution in [0.5, 0.6) is 0 Å². The van der Waals surface area contributed by atoms with Gasteiger partial charge in [0.1, 0.15) is 4.90 Å². The Morgan fingerprint density at radius 3 is 2.33 bits per heavy atom. The Labute approximate surface area is 124 Å². The maximum atomic E-state index is 10.9. The fourth-order valence-electron chi connectivity index (χ4n) is 1.68. The summed E-state index contributed by atoms with van der Waals surface area (Å²) in [7, 11) is 0. The van der Waals surface area contributed by atoms with Crippen LogP contribution in [0.4, 0.5) is 17.1 Å². The Hall–Kier alpha value is -2.61. The Morgan fingerprint density at radius 2 is 1.67 bits per heavy atom. The van der Waals surface area contributed by atoms with Crippen molar-refractivity contribution in [2.24, 2.45) is 0 Å². The molecule has 0 aromatic heterocycles. The first-order chi connectivity index (χ1) is 9.99. The zero-order chi connectivity index (χ0) is 15.4. The van der Waals surface area contributed by atoms with Gasteiger partial charge in [0.25, 0.3) is 11.4 Å². The number of nitro benzene ring substituents is 2. The number of hydrogen-bond donors (Lipinski definition) is 1. The molecule has 0 aliphatic heterocycles. The quantitative estimate of drug-likeness (QED) is 0.510. The number of para-hydroxylation sites is 1. The molecule has 0 heterocycles. The first-order valence-electron chi connectivity index (χ1n) is 5.90. The van der Waals surface area contributed by atoms with E-state index in [4.69, 9.17) is 0 Å². The lowest BCUT2D eigenvalue weighted by Gasteiger charge is -2.06. The van der Waals surface area contributed by atoms with Gasteiger partial charge in [-0.2, -0.15) is 0 Å². The van der Waals surface area contributed by atoms with Crippen LogP contribution in [-0.2, 0) is 0 Å². The third-order valence-corrected chi connectivity index (χ3v) is 3.65. The number of benzene rings is 2. The second-order valence-corrected chi connectivity index (χ2v) is 5.04. The molecule has 0 fully saturated rings. The Balaban J connectivity index is 2.19. The van der Waals surface area contributed by atoms with E-state index < -0.39 is 9.85 Å². The Bertz CT molecular complexity index is 706. The van der Waals surface area contributed by atoms with Gasteiger partial charge < -0.3 is 4.72 Å². The van der Waals surface area contributed by atoms with Gasteiger partial charge in [-0.05, 0) is 31.0 Å². The highest BCUT2D eigenvalue weighted by Crippen LogP contribution is 2.31. The van der Waals surface area contributed by atoms with Gasteiger partial charge in [0.05, 0.1) is 15.5 Å². The van der Waals surface area contributed by atoms with E-state index >= 15 is 0 Å². The maximum absolute atomic E-state index is 10.9. The van der Waals surface area contributed by atoms with E-state index in [9.17, 15) is 20.2 Å². The lowest BCUT2D eigenvalue weighted by molar-refractivity contribution is -0.387. The van der Waals surface area contributed by atoms with Crippen molar-refractivity contribution >= 4 is 29.0 Å². The van der Waals surface area contributed by atoms with E-state index in [1.165, 1.54) is 12.1 Å². The summed E-state index contributed by atoms with van der Waals surface area (Å²) in [6.07, 6.45) is 0. The summed E-state index contributed by atoms with van der Waals surface area (Å²) in [6.45, 7) is 1.65. The average molecular weight is 305 g/mol. The predicted octanol–water partition coefficient (Wildman–Crippen LogP) is 3.93. The predicted molar refractivity (Wildman–Crippen MR) is 80.4 cm³/mol. The van der Waals surface area contributed by atoms with Crippen LogP contribution in [0.15, 0.2) is 47.4 Å². The van der Waals surface area contributed by atoms with Gasteiger partial charge >= 0.3 is 0 Å². The van der Waals surface area contributed by atoms with Gasteiger partial charge in [0, 0.05) is 17.7 Å². The van der Waals surface area contributed by atoms with Crippen molar-refractivity contribution in [3.05, 3.63) is 68.3 Å². The van der Waals surface area contributed by atoms with Gasteiger partial charge in [0.2, 0.25) is 0 Å². The minimum Gasteiger partial charge on any atom is -0.325 e. The zero-order valence-corrected chi connectivity index (χ0v) is 11.8. The van der Waals surface area contributed by atoms with E-state index in [1.54, 1.807) is 37.3 Å². The molecule has 0 atom stereocenters. The third-order valence-electron chi connectivity index (χ3n) is 2.75. The molecule has 2 aromatic carbocycles. The van der Waals surface area contributed by atoms with Crippen molar-refractivity contribution in [1.29, 1.82) is 0 Å². The van der Waals surface area contributed by atoms with Crippen molar-refractivity contribution in [3.8, 4) is 0 Å². The van der Waals surface area contributed by atoms with Gasteiger partial charge in [0.15, 0.2) is 0 Å². The molecule has 2 rings (SSSR count). The van der Waals surface area contributed by atoms with Gasteiger partial charge in [-0.3, -0.25) is 20.2 Å². The van der Waals surface area contributed by atoms with Crippen molar-refractivity contribution in [1.82, 2.24) is 0 Å². The molecule has 0 aliphatic rings. The summed E-state index contributed by atoms with van der Waals surface area (Å²) in [6, 6.07) is 11.0. The first kappa shape index (κ1) is 14.8. The van der Waals surface area contributed by atoms with Crippen LogP contribution in [0.3, 0.4) is 0 Å². The minimum absolute atomic E-state index is 0.00293. The average Bonchev–Trinajstić information content (AvgIpc) is 2.46. The second-order valence-electron chi connectivity index (χ2n) is 4.19. The van der Waals surface area contributed by atoms with Crippen molar-refractivity contribution in [2.45, 2.75) is 11.8 Å². The summed E-state index contributed by atoms with van der Waals surface area (Å²) >= 11 is 1.04. The van der Waals surface area contributed by atoms with E-state index in [-0.39, 0.29) is 11.4 Å². The van der Waals surface area contributed by atoms with E-state index in [0.717, 1.165) is 11.9 Å². The number of anilines is 1. The lowest BCUT2D eigenvalue weighted by atomic mass is 10.2. The molecule has 0 unspecified atom stereocenters. The summed E-state index contributed by atoms with van der Waals surface area (Å²) < 4.78 is 2.89. The molecule has 1 N–H and O–H groups in total. The molecule has 0 aliphatic carbocycles. The molecule has 0 radical (unpaired) electrons. The number of nitrogens with zero attached hydrogens (tertiary/aromatic N) is 2. The lowest BCUT2D eigenvalue weighted by Crippen LogP contribution is -1.95. The molecule has 0 bridgehead atoms. The summed E-state index contributed by atoms with van der Waals surface area (Å²) in [5, 5.41) is 21.8. The molecule has 2 aromatic rings. The molecule has 7 nitrogen and oxygen atoms in total. The number of nitro groups is 2. The number of rotatable bonds is 5. The molecule has 21 heavy (non-hydrogen) atoms. The van der Waals surface area contributed by atoms with Crippen molar-refractivity contribution in [2.75, 3.05) is 4.72 Å². The van der Waals surface area contributed by atoms with Crippen LogP contribution in [-0.4, -0.2) is 9.85 Å². The van der Waals surface area contributed by atoms with Crippen LogP contribution >= 0.6 is 11.9 Å². The van der Waals surface area contributed by atoms with Crippen LogP contribution in [0.2, 0.25) is 0 Å². The number of hydrogen-bond acceptors (Lipinski definition) is 6. The summed E-state index contributed by atoms with van der Waals surface area (Å²) in [5.74, 6) is 0. The minimum atomic E-state index is -0.471. The molecule has 0 saturated heterocycles. The molecular weight excluding hydrogens is 294 g/mol. The molecule has 0 spiro atoms. The molecule has 0 amide bonds. The summed E-state index contributed by atoms with van der Waals surface area (Å²) in [5.41, 5.74) is 1.05. The summed E-state index contributed by atoms with van der Waals surface area (Å²) in [4.78, 5) is 21.3. The maximum Gasteiger partial charge on any atom is 0.284 e. The normalized spacial score (nSPS) is 10.1. The van der Waals surface area contributed by atoms with Crippen LogP contribution in [0.1, 0.15) is 5.56 Å². The van der Waals surface area contributed by atoms with Gasteiger partial charge in [-0.25, -0.2) is 0 Å². The Kier molecular flexibility index (Phi) is 4.39. The fourth-order valence-corrected chi connectivity index (χ4v) is 2.43. The monoisotopic (exact) mass is 305 g/mol. The van der Waals surface area contributed by atoms with E-state index in [2.05, 4.69) is 4.72 Å². The smallest absolute Gasteiger partial charge is 0.284 e. The van der Waals surface area contributed by atoms with Crippen molar-refractivity contribution in [3.63, 3.8) is 0 Å². The van der Waals surface area contributed by atoms with Crippen molar-refractivity contribution < 1.29 is 9.85 Å². The fraction of sp³-hybridized carbons (Fsp3) is 0.0769. The highest BCUT2D eigenvalue weighted by atomic mass is 32.2. The Morgan fingerprint density at radius 1 is 1.00 bits per heavy atom. The first-order valence-corrected chi connectivity index (χ1v) is 6.72. The van der Waals surface area contributed by atoms with Gasteiger partial charge in [-0.15, -0.1) is 0 Å². The van der Waals surface area contributed by atoms with E-state index in [1.807, 2.05) is 0 Å². The molecule has 8 heteroatoms. The van der Waals surface area contributed by atoms with Crippen LogP contribution in [0.25, 0.3) is 0 Å². The topological polar surface area (TPSA) is 98.3 Å². The standard InChI is InChI=1S/C13H11N3O4S/c1-9-6-7-10(8-12(9)16(19)20)14-21-13-5-3-2-4-11(13)15(17)18/h2-8,14H,1H3. The van der Waals surface area contributed by atoms with E-state index in [0.29, 0.717) is 16.1 Å². The largest absolute Gasteiger partial charge is 0.325 e. The zero-order valence-electron chi connectivity index (χ0n) is 11.0.